The van der Waals surface area contributed by atoms with Crippen molar-refractivity contribution in [1.29, 1.82) is 0 Å². The molecule has 0 atom stereocenters. The van der Waals surface area contributed by atoms with Crippen molar-refractivity contribution in [3.8, 4) is 0 Å². The molecular weight excluding hydrogens is 459 g/mol. The van der Waals surface area contributed by atoms with Gasteiger partial charge in [-0.1, -0.05) is 109 Å². The number of benzene rings is 5. The van der Waals surface area contributed by atoms with Crippen molar-refractivity contribution in [3.63, 3.8) is 0 Å². The molecule has 0 radical (unpaired) electrons. The van der Waals surface area contributed by atoms with Gasteiger partial charge in [-0.25, -0.2) is 0 Å². The Balaban J connectivity index is 0.000000730. The van der Waals surface area contributed by atoms with E-state index in [-0.39, 0.29) is 0 Å². The van der Waals surface area contributed by atoms with Gasteiger partial charge in [-0.2, -0.15) is 11.4 Å². The van der Waals surface area contributed by atoms with Crippen molar-refractivity contribution >= 4 is 62.9 Å². The molecule has 5 heteroatoms. The van der Waals surface area contributed by atoms with Crippen LogP contribution in [0.4, 0.5) is 22.7 Å². The van der Waals surface area contributed by atoms with Crippen molar-refractivity contribution in [2.45, 2.75) is 0 Å². The number of hydrogen-bond acceptors (Lipinski definition) is 0. The van der Waals surface area contributed by atoms with Crippen molar-refractivity contribution < 1.29 is 17.0 Å². The van der Waals surface area contributed by atoms with Crippen LogP contribution in [0.25, 0.3) is 32.2 Å². The Morgan fingerprint density at radius 3 is 1.23 bits per heavy atom. The number of fused-ring (bicyclic) bond motifs is 2. The minimum absolute atomic E-state index is 0.556. The third-order valence-electron chi connectivity index (χ3n) is 4.85. The molecule has 5 aromatic carbocycles. The Morgan fingerprint density at radius 1 is 0.452 bits per heavy atom. The van der Waals surface area contributed by atoms with E-state index in [9.17, 15) is 0 Å². The molecule has 0 aliphatic rings. The van der Waals surface area contributed by atoms with Crippen LogP contribution in [0.1, 0.15) is 0 Å². The minimum Gasteiger partial charge on any atom is -0.659 e. The van der Waals surface area contributed by atoms with Crippen molar-refractivity contribution in [2.24, 2.45) is 0 Å². The number of halogens is 2. The number of hydrogen-bond donors (Lipinski definition) is 0. The van der Waals surface area contributed by atoms with Gasteiger partial charge < -0.3 is 10.6 Å². The van der Waals surface area contributed by atoms with Gasteiger partial charge in [-0.15, -0.1) is 11.4 Å². The zero-order chi connectivity index (χ0) is 21.5. The zero-order valence-corrected chi connectivity index (χ0v) is 19.6. The summed E-state index contributed by atoms with van der Waals surface area (Å²) in [5, 5.41) is 14.5. The van der Waals surface area contributed by atoms with E-state index in [0.717, 1.165) is 22.7 Å². The summed E-state index contributed by atoms with van der Waals surface area (Å²) in [5.74, 6) is 0. The van der Waals surface area contributed by atoms with E-state index in [2.05, 4.69) is 84.9 Å². The fourth-order valence-electron chi connectivity index (χ4n) is 3.42. The summed E-state index contributed by atoms with van der Waals surface area (Å²) in [5.41, 5.74) is 3.59. The summed E-state index contributed by atoms with van der Waals surface area (Å²) in [6.07, 6.45) is 0. The Hall–Kier alpha value is -2.49. The second-order valence-corrected chi connectivity index (χ2v) is 9.43. The van der Waals surface area contributed by atoms with Crippen molar-refractivity contribution in [1.82, 2.24) is 0 Å². The van der Waals surface area contributed by atoms with Crippen LogP contribution in [-0.4, -0.2) is 0 Å². The maximum absolute atomic E-state index is 4.89. The van der Waals surface area contributed by atoms with E-state index in [1.165, 1.54) is 21.5 Å². The van der Waals surface area contributed by atoms with E-state index in [4.69, 9.17) is 29.2 Å². The molecule has 0 aromatic heterocycles. The van der Waals surface area contributed by atoms with Crippen LogP contribution in [0.3, 0.4) is 0 Å². The first-order chi connectivity index (χ1) is 15.3. The third kappa shape index (κ3) is 5.61. The molecule has 0 fully saturated rings. The summed E-state index contributed by atoms with van der Waals surface area (Å²) < 4.78 is 0. The standard InChI is InChI=1S/C26H18N2.2ClH.Ti/c1-3-9-21-17-23(15-13-19(21)7-1)27-25-11-5-6-12-26(25)28-24-16-14-20-8-2-4-10-22(20)18-24;;;/h1-18H;2*1H;/q-2;;;+2/p-2. The van der Waals surface area contributed by atoms with Crippen molar-refractivity contribution in [3.05, 3.63) is 120 Å². The zero-order valence-electron chi connectivity index (χ0n) is 16.5. The number of rotatable bonds is 4. The molecule has 2 nitrogen and oxygen atoms in total. The van der Waals surface area contributed by atoms with E-state index < -0.39 is 17.0 Å². The van der Waals surface area contributed by atoms with Gasteiger partial charge in [-0.3, -0.25) is 0 Å². The summed E-state index contributed by atoms with van der Waals surface area (Å²) in [4.78, 5) is 0. The molecule has 0 saturated carbocycles. The van der Waals surface area contributed by atoms with Gasteiger partial charge in [0.2, 0.25) is 0 Å². The Labute approximate surface area is 198 Å². The third-order valence-corrected chi connectivity index (χ3v) is 4.85. The molecule has 0 amide bonds. The SMILES string of the molecule is [Cl][Ti][Cl].c1ccc([N-]c2ccc3ccccc3c2)c([N-]c2ccc3ccccc3c2)c1. The average molecular weight is 477 g/mol. The second kappa shape index (κ2) is 10.7. The molecule has 0 bridgehead atoms. The molecule has 5 rings (SSSR count). The van der Waals surface area contributed by atoms with Gasteiger partial charge in [-0.05, 0) is 21.5 Å². The Kier molecular flexibility index (Phi) is 7.50. The monoisotopic (exact) mass is 476 g/mol. The first kappa shape index (κ1) is 21.7. The molecule has 5 aromatic rings. The fraction of sp³-hybridized carbons (Fsp3) is 0. The quantitative estimate of drug-likeness (QED) is 0.231. The van der Waals surface area contributed by atoms with Gasteiger partial charge in [0.1, 0.15) is 0 Å². The molecule has 152 valence electrons. The average Bonchev–Trinajstić information content (AvgIpc) is 2.81. The molecule has 0 saturated heterocycles. The number of nitrogens with zero attached hydrogens (tertiary/aromatic N) is 2. The topological polar surface area (TPSA) is 28.2 Å². The first-order valence-corrected chi connectivity index (χ1v) is 14.0. The van der Waals surface area contributed by atoms with Gasteiger partial charge >= 0.3 is 35.6 Å². The molecule has 0 spiro atoms. The Bertz CT molecular complexity index is 1210. The minimum atomic E-state index is -0.556. The molecule has 0 N–H and O–H groups in total. The molecular formula is C26H18Cl2N2Ti-2. The molecule has 0 aliphatic heterocycles. The smallest absolute Gasteiger partial charge is 0.0185 e. The molecule has 0 unspecified atom stereocenters. The van der Waals surface area contributed by atoms with Gasteiger partial charge in [0.25, 0.3) is 0 Å². The second-order valence-electron chi connectivity index (χ2n) is 6.85. The van der Waals surface area contributed by atoms with Crippen LogP contribution in [0.5, 0.6) is 0 Å². The fourth-order valence-corrected chi connectivity index (χ4v) is 3.42. The van der Waals surface area contributed by atoms with E-state index in [1.54, 1.807) is 0 Å². The van der Waals surface area contributed by atoms with Crippen LogP contribution in [0.15, 0.2) is 109 Å². The normalized spacial score (nSPS) is 10.3. The summed E-state index contributed by atoms with van der Waals surface area (Å²) in [7, 11) is 9.78. The number of para-hydroxylation sites is 2. The van der Waals surface area contributed by atoms with Crippen molar-refractivity contribution in [2.75, 3.05) is 0 Å². The molecule has 31 heavy (non-hydrogen) atoms. The predicted octanol–water partition coefficient (Wildman–Crippen LogP) is 10.0. The Morgan fingerprint density at radius 2 is 0.806 bits per heavy atom. The summed E-state index contributed by atoms with van der Waals surface area (Å²) in [6.45, 7) is 0. The van der Waals surface area contributed by atoms with Gasteiger partial charge in [0.15, 0.2) is 0 Å². The van der Waals surface area contributed by atoms with Gasteiger partial charge in [0, 0.05) is 0 Å². The molecule has 0 heterocycles. The van der Waals surface area contributed by atoms with Gasteiger partial charge in [0.05, 0.1) is 0 Å². The van der Waals surface area contributed by atoms with Crippen LogP contribution in [-0.2, 0) is 17.0 Å². The first-order valence-electron chi connectivity index (χ1n) is 9.73. The maximum Gasteiger partial charge on any atom is -0.0185 e. The van der Waals surface area contributed by atoms with Crippen LogP contribution in [0, 0.1) is 0 Å². The van der Waals surface area contributed by atoms with E-state index >= 15 is 0 Å². The van der Waals surface area contributed by atoms with Crippen LogP contribution in [0.2, 0.25) is 0 Å². The summed E-state index contributed by atoms with van der Waals surface area (Å²) in [6, 6.07) is 37.2. The molecule has 0 aliphatic carbocycles. The summed E-state index contributed by atoms with van der Waals surface area (Å²) >= 11 is -0.556. The van der Waals surface area contributed by atoms with E-state index in [1.807, 2.05) is 24.3 Å². The van der Waals surface area contributed by atoms with E-state index in [0.29, 0.717) is 0 Å². The van der Waals surface area contributed by atoms with Crippen LogP contribution >= 0.6 is 18.6 Å². The predicted molar refractivity (Wildman–Crippen MR) is 131 cm³/mol. The largest absolute Gasteiger partial charge is 0.659 e. The maximum atomic E-state index is 4.89. The van der Waals surface area contributed by atoms with Crippen LogP contribution < -0.4 is 0 Å².